The molecule has 0 heterocycles. The molecule has 0 aromatic heterocycles. The Kier molecular flexibility index (Phi) is 6.17. The molecule has 0 saturated carbocycles. The molecule has 0 bridgehead atoms. The number of urea groups is 1. The maximum atomic E-state index is 12.3. The molecule has 0 aliphatic rings. The highest BCUT2D eigenvalue weighted by Gasteiger charge is 2.37. The van der Waals surface area contributed by atoms with E-state index in [9.17, 15) is 14.7 Å². The van der Waals surface area contributed by atoms with E-state index in [1.54, 1.807) is 30.3 Å². The number of aliphatic hydroxyl groups is 1. The van der Waals surface area contributed by atoms with Crippen molar-refractivity contribution in [3.63, 3.8) is 0 Å². The summed E-state index contributed by atoms with van der Waals surface area (Å²) < 4.78 is 0. The number of nitrogens with one attached hydrogen (secondary N) is 1. The molecule has 0 saturated heterocycles. The maximum Gasteiger partial charge on any atom is 0.333 e. The fourth-order valence-electron chi connectivity index (χ4n) is 2.02. The van der Waals surface area contributed by atoms with Crippen molar-refractivity contribution in [1.82, 2.24) is 10.2 Å². The second-order valence-electron chi connectivity index (χ2n) is 4.94. The number of carbonyl (C=O) groups is 2. The van der Waals surface area contributed by atoms with Gasteiger partial charge in [0.15, 0.2) is 5.54 Å². The molecular weight excluding hydrogens is 272 g/mol. The van der Waals surface area contributed by atoms with Crippen molar-refractivity contribution in [2.24, 2.45) is 0 Å². The second-order valence-corrected chi connectivity index (χ2v) is 4.94. The van der Waals surface area contributed by atoms with E-state index in [0.29, 0.717) is 12.1 Å². The first-order valence-corrected chi connectivity index (χ1v) is 6.92. The van der Waals surface area contributed by atoms with E-state index in [1.807, 2.05) is 6.92 Å². The number of carboxylic acid groups (broad SMARTS) is 1. The van der Waals surface area contributed by atoms with Gasteiger partial charge in [-0.05, 0) is 18.9 Å². The highest BCUT2D eigenvalue weighted by molar-refractivity contribution is 5.87. The van der Waals surface area contributed by atoms with Crippen molar-refractivity contribution in [3.8, 4) is 0 Å². The van der Waals surface area contributed by atoms with Gasteiger partial charge in [-0.25, -0.2) is 9.59 Å². The molecule has 1 aromatic carbocycles. The Bertz CT molecular complexity index is 472. The number of aliphatic hydroxyl groups excluding tert-OH is 1. The monoisotopic (exact) mass is 294 g/mol. The van der Waals surface area contributed by atoms with Crippen LogP contribution in [0.2, 0.25) is 0 Å². The lowest BCUT2D eigenvalue weighted by molar-refractivity contribution is -0.144. The van der Waals surface area contributed by atoms with Crippen LogP contribution in [-0.2, 0) is 10.3 Å². The van der Waals surface area contributed by atoms with Crippen LogP contribution in [0, 0.1) is 0 Å². The van der Waals surface area contributed by atoms with Gasteiger partial charge in [-0.15, -0.1) is 0 Å². The molecule has 0 aliphatic heterocycles. The molecule has 6 nitrogen and oxygen atoms in total. The minimum Gasteiger partial charge on any atom is -0.479 e. The smallest absolute Gasteiger partial charge is 0.333 e. The number of amides is 2. The molecule has 1 unspecified atom stereocenters. The quantitative estimate of drug-likeness (QED) is 0.709. The van der Waals surface area contributed by atoms with E-state index in [2.05, 4.69) is 5.32 Å². The SMILES string of the molecule is CCCN(CCO)C(=O)NC(C)(C(=O)O)c1ccccc1. The molecule has 1 aromatic rings. The third-order valence-electron chi connectivity index (χ3n) is 3.29. The zero-order chi connectivity index (χ0) is 15.9. The van der Waals surface area contributed by atoms with Crippen molar-refractivity contribution < 1.29 is 19.8 Å². The van der Waals surface area contributed by atoms with Crippen LogP contribution in [0.3, 0.4) is 0 Å². The molecule has 3 N–H and O–H groups in total. The number of rotatable bonds is 7. The van der Waals surface area contributed by atoms with Gasteiger partial charge in [-0.3, -0.25) is 0 Å². The summed E-state index contributed by atoms with van der Waals surface area (Å²) in [6.07, 6.45) is 0.725. The Morgan fingerprint density at radius 1 is 1.24 bits per heavy atom. The third kappa shape index (κ3) is 4.19. The van der Waals surface area contributed by atoms with Crippen LogP contribution < -0.4 is 5.32 Å². The van der Waals surface area contributed by atoms with Crippen molar-refractivity contribution in [2.45, 2.75) is 25.8 Å². The predicted molar refractivity (Wildman–Crippen MR) is 78.9 cm³/mol. The Balaban J connectivity index is 2.97. The first-order chi connectivity index (χ1) is 9.95. The van der Waals surface area contributed by atoms with Gasteiger partial charge in [-0.2, -0.15) is 0 Å². The molecule has 21 heavy (non-hydrogen) atoms. The van der Waals surface area contributed by atoms with E-state index in [-0.39, 0.29) is 13.2 Å². The van der Waals surface area contributed by atoms with Crippen LogP contribution in [0.25, 0.3) is 0 Å². The average Bonchev–Trinajstić information content (AvgIpc) is 2.47. The summed E-state index contributed by atoms with van der Waals surface area (Å²) in [5.41, 5.74) is -1.02. The van der Waals surface area contributed by atoms with Crippen LogP contribution in [0.15, 0.2) is 30.3 Å². The number of benzene rings is 1. The third-order valence-corrected chi connectivity index (χ3v) is 3.29. The largest absolute Gasteiger partial charge is 0.479 e. The number of hydrogen-bond acceptors (Lipinski definition) is 3. The highest BCUT2D eigenvalue weighted by atomic mass is 16.4. The van der Waals surface area contributed by atoms with Gasteiger partial charge < -0.3 is 20.4 Å². The summed E-state index contributed by atoms with van der Waals surface area (Å²) in [7, 11) is 0. The lowest BCUT2D eigenvalue weighted by atomic mass is 9.92. The number of aliphatic carboxylic acids is 1. The second kappa shape index (κ2) is 7.64. The summed E-state index contributed by atoms with van der Waals surface area (Å²) >= 11 is 0. The van der Waals surface area contributed by atoms with Gasteiger partial charge in [0.2, 0.25) is 0 Å². The minimum atomic E-state index is -1.51. The van der Waals surface area contributed by atoms with Crippen molar-refractivity contribution in [2.75, 3.05) is 19.7 Å². The van der Waals surface area contributed by atoms with Crippen LogP contribution in [0.4, 0.5) is 4.79 Å². The molecule has 1 rings (SSSR count). The van der Waals surface area contributed by atoms with E-state index < -0.39 is 17.5 Å². The molecule has 0 fully saturated rings. The van der Waals surface area contributed by atoms with Gasteiger partial charge in [0, 0.05) is 13.1 Å². The fraction of sp³-hybridized carbons (Fsp3) is 0.467. The summed E-state index contributed by atoms with van der Waals surface area (Å²) in [6.45, 7) is 3.82. The van der Waals surface area contributed by atoms with Crippen molar-refractivity contribution in [3.05, 3.63) is 35.9 Å². The van der Waals surface area contributed by atoms with Gasteiger partial charge >= 0.3 is 12.0 Å². The van der Waals surface area contributed by atoms with E-state index in [0.717, 1.165) is 6.42 Å². The normalized spacial score (nSPS) is 13.3. The summed E-state index contributed by atoms with van der Waals surface area (Å²) in [4.78, 5) is 25.3. The van der Waals surface area contributed by atoms with E-state index in [4.69, 9.17) is 5.11 Å². The van der Waals surface area contributed by atoms with Gasteiger partial charge in [0.25, 0.3) is 0 Å². The van der Waals surface area contributed by atoms with Crippen LogP contribution in [0.5, 0.6) is 0 Å². The summed E-state index contributed by atoms with van der Waals surface area (Å²) in [5, 5.41) is 21.0. The molecule has 6 heteroatoms. The fourth-order valence-corrected chi connectivity index (χ4v) is 2.02. The Hall–Kier alpha value is -2.08. The first-order valence-electron chi connectivity index (χ1n) is 6.92. The Morgan fingerprint density at radius 3 is 2.33 bits per heavy atom. The van der Waals surface area contributed by atoms with Crippen LogP contribution >= 0.6 is 0 Å². The molecule has 0 aliphatic carbocycles. The highest BCUT2D eigenvalue weighted by Crippen LogP contribution is 2.21. The van der Waals surface area contributed by atoms with Crippen molar-refractivity contribution in [1.29, 1.82) is 0 Å². The Labute approximate surface area is 124 Å². The molecule has 116 valence electrons. The number of carbonyl (C=O) groups excluding carboxylic acids is 1. The minimum absolute atomic E-state index is 0.164. The molecule has 0 radical (unpaired) electrons. The van der Waals surface area contributed by atoms with Crippen LogP contribution in [0.1, 0.15) is 25.8 Å². The zero-order valence-corrected chi connectivity index (χ0v) is 12.4. The van der Waals surface area contributed by atoms with Crippen LogP contribution in [-0.4, -0.2) is 46.8 Å². The molecule has 2 amide bonds. The van der Waals surface area contributed by atoms with Gasteiger partial charge in [0.1, 0.15) is 0 Å². The van der Waals surface area contributed by atoms with Crippen molar-refractivity contribution >= 4 is 12.0 Å². The lowest BCUT2D eigenvalue weighted by Crippen LogP contribution is -2.54. The van der Waals surface area contributed by atoms with Gasteiger partial charge in [-0.1, -0.05) is 37.3 Å². The summed E-state index contributed by atoms with van der Waals surface area (Å²) in [6, 6.07) is 8.04. The molecule has 0 spiro atoms. The van der Waals surface area contributed by atoms with Gasteiger partial charge in [0.05, 0.1) is 6.61 Å². The summed E-state index contributed by atoms with van der Waals surface area (Å²) in [5.74, 6) is -1.14. The number of nitrogens with zero attached hydrogens (tertiary/aromatic N) is 1. The Morgan fingerprint density at radius 2 is 1.86 bits per heavy atom. The zero-order valence-electron chi connectivity index (χ0n) is 12.4. The van der Waals surface area contributed by atoms with E-state index >= 15 is 0 Å². The maximum absolute atomic E-state index is 12.3. The topological polar surface area (TPSA) is 89.9 Å². The number of carboxylic acids is 1. The predicted octanol–water partition coefficient (Wildman–Crippen LogP) is 1.40. The van der Waals surface area contributed by atoms with E-state index in [1.165, 1.54) is 11.8 Å². The molecule has 1 atom stereocenters. The number of hydrogen-bond donors (Lipinski definition) is 3. The molecular formula is C15H22N2O4. The lowest BCUT2D eigenvalue weighted by Gasteiger charge is -2.30. The first kappa shape index (κ1) is 17.0. The standard InChI is InChI=1S/C15H22N2O4/c1-3-9-17(10-11-18)14(21)16-15(2,13(19)20)12-7-5-4-6-8-12/h4-8,18H,3,9-11H2,1-2H3,(H,16,21)(H,19,20). The average molecular weight is 294 g/mol.